The Hall–Kier alpha value is -1.96. The minimum atomic E-state index is -0.0889. The molecule has 96 valence electrons. The molecule has 1 aromatic carbocycles. The van der Waals surface area contributed by atoms with Crippen molar-refractivity contribution in [3.05, 3.63) is 65.9 Å². The minimum absolute atomic E-state index is 0.0889. The fraction of sp³-hybridized carbons (Fsp3) is 0.250. The van der Waals surface area contributed by atoms with Gasteiger partial charge in [0.05, 0.1) is 0 Å². The Kier molecular flexibility index (Phi) is 4.38. The summed E-state index contributed by atoms with van der Waals surface area (Å²) in [6.07, 6.45) is 5.93. The average molecular weight is 242 g/mol. The second-order valence-corrected chi connectivity index (χ2v) is 4.90. The number of anilines is 1. The molecule has 0 bridgehead atoms. The highest BCUT2D eigenvalue weighted by Gasteiger charge is 2.23. The second-order valence-electron chi connectivity index (χ2n) is 4.90. The molecule has 0 amide bonds. The van der Waals surface area contributed by atoms with E-state index in [0.717, 1.165) is 5.69 Å². The Bertz CT molecular complexity index is 476. The first kappa shape index (κ1) is 14.1. The number of nitrogen functional groups attached to an aromatic ring is 1. The Labute approximate surface area is 110 Å². The van der Waals surface area contributed by atoms with E-state index < -0.39 is 0 Å². The van der Waals surface area contributed by atoms with Gasteiger partial charge in [0.25, 0.3) is 0 Å². The molecule has 0 aliphatic rings. The van der Waals surface area contributed by atoms with Crippen LogP contribution >= 0.6 is 0 Å². The summed E-state index contributed by atoms with van der Waals surface area (Å²) in [4.78, 5) is 0. The van der Waals surface area contributed by atoms with Crippen LogP contribution in [0.15, 0.2) is 60.3 Å². The first-order valence-corrected chi connectivity index (χ1v) is 6.03. The zero-order valence-corrected chi connectivity index (χ0v) is 11.4. The zero-order chi connectivity index (χ0) is 13.8. The van der Waals surface area contributed by atoms with Crippen LogP contribution in [0.3, 0.4) is 0 Å². The highest BCUT2D eigenvalue weighted by atomic mass is 14.5. The van der Waals surface area contributed by atoms with Gasteiger partial charge >= 0.3 is 0 Å². The van der Waals surface area contributed by atoms with E-state index in [9.17, 15) is 0 Å². The SMILES string of the molecule is C=C(N)/C=C\C(=C/C)C(C)(C)c1ccc(N)cc1. The molecule has 0 radical (unpaired) electrons. The van der Waals surface area contributed by atoms with E-state index in [4.69, 9.17) is 11.5 Å². The van der Waals surface area contributed by atoms with Gasteiger partial charge in [-0.15, -0.1) is 0 Å². The highest BCUT2D eigenvalue weighted by molar-refractivity contribution is 5.46. The number of hydrogen-bond acceptors (Lipinski definition) is 2. The second kappa shape index (κ2) is 5.58. The Balaban J connectivity index is 3.10. The summed E-state index contributed by atoms with van der Waals surface area (Å²) in [7, 11) is 0. The fourth-order valence-electron chi connectivity index (χ4n) is 1.93. The largest absolute Gasteiger partial charge is 0.399 e. The molecule has 1 aromatic rings. The molecule has 2 nitrogen and oxygen atoms in total. The van der Waals surface area contributed by atoms with Crippen LogP contribution in [0.4, 0.5) is 5.69 Å². The molecule has 0 fully saturated rings. The smallest absolute Gasteiger partial charge is 0.0314 e. The quantitative estimate of drug-likeness (QED) is 0.627. The molecular formula is C16H22N2. The number of allylic oxidation sites excluding steroid dienone is 4. The van der Waals surface area contributed by atoms with Gasteiger partial charge in [0.2, 0.25) is 0 Å². The lowest BCUT2D eigenvalue weighted by atomic mass is 9.77. The third-order valence-corrected chi connectivity index (χ3v) is 3.14. The van der Waals surface area contributed by atoms with Crippen molar-refractivity contribution in [1.29, 1.82) is 0 Å². The van der Waals surface area contributed by atoms with Crippen molar-refractivity contribution >= 4 is 5.69 Å². The van der Waals surface area contributed by atoms with E-state index in [0.29, 0.717) is 5.70 Å². The monoisotopic (exact) mass is 242 g/mol. The van der Waals surface area contributed by atoms with Gasteiger partial charge in [-0.05, 0) is 36.3 Å². The maximum absolute atomic E-state index is 5.72. The van der Waals surface area contributed by atoms with Crippen LogP contribution in [0.25, 0.3) is 0 Å². The summed E-state index contributed by atoms with van der Waals surface area (Å²) in [5.41, 5.74) is 15.0. The first-order chi connectivity index (χ1) is 8.37. The minimum Gasteiger partial charge on any atom is -0.399 e. The van der Waals surface area contributed by atoms with E-state index in [1.165, 1.54) is 11.1 Å². The van der Waals surface area contributed by atoms with Gasteiger partial charge in [0, 0.05) is 16.8 Å². The van der Waals surface area contributed by atoms with Gasteiger partial charge in [-0.1, -0.05) is 44.7 Å². The molecule has 0 unspecified atom stereocenters. The third-order valence-electron chi connectivity index (χ3n) is 3.14. The van der Waals surface area contributed by atoms with Crippen molar-refractivity contribution in [2.45, 2.75) is 26.2 Å². The van der Waals surface area contributed by atoms with Gasteiger partial charge in [-0.25, -0.2) is 0 Å². The Morgan fingerprint density at radius 3 is 2.17 bits per heavy atom. The molecule has 0 spiro atoms. The van der Waals surface area contributed by atoms with Crippen molar-refractivity contribution < 1.29 is 0 Å². The van der Waals surface area contributed by atoms with Gasteiger partial charge < -0.3 is 11.5 Å². The summed E-state index contributed by atoms with van der Waals surface area (Å²) < 4.78 is 0. The summed E-state index contributed by atoms with van der Waals surface area (Å²) in [5, 5.41) is 0. The van der Waals surface area contributed by atoms with Crippen LogP contribution < -0.4 is 11.5 Å². The highest BCUT2D eigenvalue weighted by Crippen LogP contribution is 2.32. The van der Waals surface area contributed by atoms with Crippen LogP contribution in [0, 0.1) is 0 Å². The zero-order valence-electron chi connectivity index (χ0n) is 11.4. The molecule has 0 saturated heterocycles. The van der Waals surface area contributed by atoms with Gasteiger partial charge in [-0.2, -0.15) is 0 Å². The lowest BCUT2D eigenvalue weighted by molar-refractivity contribution is 0.638. The molecule has 0 atom stereocenters. The molecule has 0 heterocycles. The van der Waals surface area contributed by atoms with Crippen LogP contribution in [-0.2, 0) is 5.41 Å². The molecule has 4 N–H and O–H groups in total. The molecule has 1 rings (SSSR count). The lowest BCUT2D eigenvalue weighted by Crippen LogP contribution is -2.19. The van der Waals surface area contributed by atoms with E-state index in [2.05, 4.69) is 38.6 Å². The van der Waals surface area contributed by atoms with Crippen molar-refractivity contribution in [1.82, 2.24) is 0 Å². The lowest BCUT2D eigenvalue weighted by Gasteiger charge is -2.27. The predicted octanol–water partition coefficient (Wildman–Crippen LogP) is 3.52. The predicted molar refractivity (Wildman–Crippen MR) is 80.1 cm³/mol. The molecule has 0 aliphatic heterocycles. The van der Waals surface area contributed by atoms with Gasteiger partial charge in [0.1, 0.15) is 0 Å². The number of hydrogen-bond donors (Lipinski definition) is 2. The maximum atomic E-state index is 5.72. The fourth-order valence-corrected chi connectivity index (χ4v) is 1.93. The molecular weight excluding hydrogens is 220 g/mol. The van der Waals surface area contributed by atoms with Crippen LogP contribution in [0.1, 0.15) is 26.3 Å². The summed E-state index contributed by atoms with van der Waals surface area (Å²) >= 11 is 0. The van der Waals surface area contributed by atoms with Crippen molar-refractivity contribution in [2.75, 3.05) is 5.73 Å². The van der Waals surface area contributed by atoms with E-state index >= 15 is 0 Å². The van der Waals surface area contributed by atoms with E-state index in [1.54, 1.807) is 0 Å². The number of rotatable bonds is 4. The molecule has 0 aromatic heterocycles. The molecule has 2 heteroatoms. The molecule has 0 aliphatic carbocycles. The summed E-state index contributed by atoms with van der Waals surface area (Å²) in [6, 6.07) is 7.97. The van der Waals surface area contributed by atoms with Crippen molar-refractivity contribution in [2.24, 2.45) is 5.73 Å². The van der Waals surface area contributed by atoms with Gasteiger partial charge in [-0.3, -0.25) is 0 Å². The summed E-state index contributed by atoms with van der Waals surface area (Å²) in [6.45, 7) is 10.1. The topological polar surface area (TPSA) is 52.0 Å². The van der Waals surface area contributed by atoms with Crippen LogP contribution in [0.2, 0.25) is 0 Å². The summed E-state index contributed by atoms with van der Waals surface area (Å²) in [5.74, 6) is 0. The Morgan fingerprint density at radius 1 is 1.17 bits per heavy atom. The Morgan fingerprint density at radius 2 is 1.72 bits per heavy atom. The average Bonchev–Trinajstić information content (AvgIpc) is 2.29. The number of benzene rings is 1. The van der Waals surface area contributed by atoms with E-state index in [-0.39, 0.29) is 5.41 Å². The van der Waals surface area contributed by atoms with E-state index in [1.807, 2.05) is 31.2 Å². The maximum Gasteiger partial charge on any atom is 0.0314 e. The van der Waals surface area contributed by atoms with Gasteiger partial charge in [0.15, 0.2) is 0 Å². The van der Waals surface area contributed by atoms with Crippen molar-refractivity contribution in [3.63, 3.8) is 0 Å². The first-order valence-electron chi connectivity index (χ1n) is 6.03. The van der Waals surface area contributed by atoms with Crippen LogP contribution in [-0.4, -0.2) is 0 Å². The molecule has 18 heavy (non-hydrogen) atoms. The number of nitrogens with two attached hydrogens (primary N) is 2. The van der Waals surface area contributed by atoms with Crippen molar-refractivity contribution in [3.8, 4) is 0 Å². The normalized spacial score (nSPS) is 12.9. The molecule has 0 saturated carbocycles. The third kappa shape index (κ3) is 3.27. The van der Waals surface area contributed by atoms with Crippen LogP contribution in [0.5, 0.6) is 0 Å². The standard InChI is InChI=1S/C16H22N2/c1-5-13(7-6-12(2)17)16(3,4)14-8-10-15(18)11-9-14/h5-11H,2,17-18H2,1,3-4H3/b7-6-,13-5+.